The Morgan fingerprint density at radius 2 is 1.74 bits per heavy atom. The van der Waals surface area contributed by atoms with Crippen molar-refractivity contribution in [3.8, 4) is 0 Å². The largest absolute Gasteiger partial charge is 0.335 e. The van der Waals surface area contributed by atoms with Crippen molar-refractivity contribution < 1.29 is 14.9 Å². The van der Waals surface area contributed by atoms with Crippen LogP contribution in [0.15, 0.2) is 59.1 Å². The molecule has 23 heavy (non-hydrogen) atoms. The lowest BCUT2D eigenvalue weighted by molar-refractivity contribution is -0.674. The Morgan fingerprint density at radius 1 is 1.04 bits per heavy atom. The fourth-order valence-corrected chi connectivity index (χ4v) is 3.06. The molecule has 0 aliphatic carbocycles. The van der Waals surface area contributed by atoms with Gasteiger partial charge in [0, 0.05) is 10.9 Å². The van der Waals surface area contributed by atoms with E-state index in [2.05, 4.69) is 28.1 Å². The van der Waals surface area contributed by atoms with Crippen LogP contribution >= 0.6 is 15.9 Å². The molecule has 118 valence electrons. The normalized spacial score (nSPS) is 17.8. The summed E-state index contributed by atoms with van der Waals surface area (Å²) in [6, 6.07) is 17.1. The third kappa shape index (κ3) is 3.68. The number of benzene rings is 2. The average molecular weight is 374 g/mol. The maximum Gasteiger partial charge on any atom is 0.292 e. The highest BCUT2D eigenvalue weighted by molar-refractivity contribution is 9.10. The van der Waals surface area contributed by atoms with Gasteiger partial charge in [-0.1, -0.05) is 46.3 Å². The van der Waals surface area contributed by atoms with E-state index in [0.29, 0.717) is 5.69 Å². The summed E-state index contributed by atoms with van der Waals surface area (Å²) in [7, 11) is 0. The number of carbonyl (C=O) groups is 2. The number of nitrogens with zero attached hydrogens (tertiary/aromatic N) is 1. The predicted molar refractivity (Wildman–Crippen MR) is 92.0 cm³/mol. The van der Waals surface area contributed by atoms with Crippen LogP contribution in [0.5, 0.6) is 0 Å². The van der Waals surface area contributed by atoms with Gasteiger partial charge < -0.3 is 5.32 Å². The molecule has 0 unspecified atom stereocenters. The quantitative estimate of drug-likeness (QED) is 0.813. The minimum absolute atomic E-state index is 0.120. The number of carbonyl (C=O) groups excluding carboxylic acids is 2. The van der Waals surface area contributed by atoms with Crippen LogP contribution in [0.1, 0.15) is 12.0 Å². The molecule has 2 aromatic carbocycles. The van der Waals surface area contributed by atoms with Crippen LogP contribution in [0.25, 0.3) is 0 Å². The van der Waals surface area contributed by atoms with Crippen molar-refractivity contribution in [2.75, 3.05) is 11.4 Å². The van der Waals surface area contributed by atoms with Crippen LogP contribution in [0.4, 0.5) is 5.69 Å². The molecule has 3 rings (SSSR count). The molecule has 1 atom stereocenters. The first-order chi connectivity index (χ1) is 11.1. The standard InChI is InChI=1S/C18H17BrN2O2/c19-14-6-8-15(9-7-14)21-17(22)12-16(18(21)23)20-11-10-13-4-2-1-3-5-13/h1-9,16,20H,10-12H2/p+1/t16-/m1/s1. The molecule has 1 heterocycles. The summed E-state index contributed by atoms with van der Waals surface area (Å²) < 4.78 is 0.923. The fraction of sp³-hybridized carbons (Fsp3) is 0.222. The maximum absolute atomic E-state index is 12.5. The van der Waals surface area contributed by atoms with Crippen LogP contribution in [0.2, 0.25) is 0 Å². The zero-order valence-electron chi connectivity index (χ0n) is 12.6. The number of halogens is 1. The van der Waals surface area contributed by atoms with E-state index < -0.39 is 0 Å². The van der Waals surface area contributed by atoms with E-state index in [4.69, 9.17) is 0 Å². The van der Waals surface area contributed by atoms with Crippen molar-refractivity contribution in [2.24, 2.45) is 0 Å². The molecule has 1 aliphatic rings. The number of quaternary nitrogens is 1. The Balaban J connectivity index is 1.61. The van der Waals surface area contributed by atoms with Crippen LogP contribution in [-0.4, -0.2) is 24.4 Å². The number of imide groups is 1. The van der Waals surface area contributed by atoms with Crippen LogP contribution < -0.4 is 10.2 Å². The Bertz CT molecular complexity index is 701. The minimum atomic E-state index is -0.310. The fourth-order valence-electron chi connectivity index (χ4n) is 2.80. The predicted octanol–water partition coefficient (Wildman–Crippen LogP) is 1.89. The lowest BCUT2D eigenvalue weighted by Gasteiger charge is -2.14. The van der Waals surface area contributed by atoms with Gasteiger partial charge in [-0.2, -0.15) is 0 Å². The Labute approximate surface area is 143 Å². The van der Waals surface area contributed by atoms with E-state index in [1.807, 2.05) is 35.6 Å². The van der Waals surface area contributed by atoms with Gasteiger partial charge in [0.2, 0.25) is 5.91 Å². The lowest BCUT2D eigenvalue weighted by Crippen LogP contribution is -2.92. The monoisotopic (exact) mass is 373 g/mol. The molecule has 0 saturated carbocycles. The second-order valence-electron chi connectivity index (χ2n) is 5.61. The van der Waals surface area contributed by atoms with Gasteiger partial charge in [-0.25, -0.2) is 4.90 Å². The summed E-state index contributed by atoms with van der Waals surface area (Å²) >= 11 is 3.36. The molecule has 0 bridgehead atoms. The number of amides is 2. The number of nitrogens with two attached hydrogens (primary N) is 1. The number of anilines is 1. The van der Waals surface area contributed by atoms with Gasteiger partial charge in [-0.15, -0.1) is 0 Å². The van der Waals surface area contributed by atoms with Crippen molar-refractivity contribution in [1.82, 2.24) is 0 Å². The van der Waals surface area contributed by atoms with E-state index >= 15 is 0 Å². The number of hydrogen-bond donors (Lipinski definition) is 1. The van der Waals surface area contributed by atoms with E-state index in [9.17, 15) is 9.59 Å². The molecule has 2 aromatic rings. The molecule has 0 aromatic heterocycles. The minimum Gasteiger partial charge on any atom is -0.335 e. The van der Waals surface area contributed by atoms with Gasteiger partial charge >= 0.3 is 0 Å². The molecular weight excluding hydrogens is 356 g/mol. The molecule has 5 heteroatoms. The highest BCUT2D eigenvalue weighted by Crippen LogP contribution is 2.23. The van der Waals surface area contributed by atoms with Crippen molar-refractivity contribution in [2.45, 2.75) is 18.9 Å². The number of rotatable bonds is 5. The van der Waals surface area contributed by atoms with E-state index in [1.54, 1.807) is 12.1 Å². The zero-order valence-corrected chi connectivity index (χ0v) is 14.2. The zero-order chi connectivity index (χ0) is 16.2. The molecule has 2 N–H and O–H groups in total. The lowest BCUT2D eigenvalue weighted by atomic mass is 10.1. The summed E-state index contributed by atoms with van der Waals surface area (Å²) in [4.78, 5) is 26.0. The molecule has 0 radical (unpaired) electrons. The van der Waals surface area contributed by atoms with Crippen LogP contribution in [-0.2, 0) is 16.0 Å². The van der Waals surface area contributed by atoms with E-state index in [-0.39, 0.29) is 24.3 Å². The Morgan fingerprint density at radius 3 is 2.43 bits per heavy atom. The second kappa shape index (κ2) is 7.06. The highest BCUT2D eigenvalue weighted by atomic mass is 79.9. The second-order valence-corrected chi connectivity index (χ2v) is 6.53. The molecule has 2 amide bonds. The Hall–Kier alpha value is -1.98. The van der Waals surface area contributed by atoms with E-state index in [1.165, 1.54) is 10.5 Å². The topological polar surface area (TPSA) is 54.0 Å². The van der Waals surface area contributed by atoms with Gasteiger partial charge in [-0.3, -0.25) is 9.59 Å². The van der Waals surface area contributed by atoms with Crippen LogP contribution in [0.3, 0.4) is 0 Å². The molecular formula is C18H18BrN2O2+. The molecule has 1 aliphatic heterocycles. The molecule has 0 spiro atoms. The molecule has 1 fully saturated rings. The van der Waals surface area contributed by atoms with E-state index in [0.717, 1.165) is 17.4 Å². The van der Waals surface area contributed by atoms with Crippen molar-refractivity contribution in [3.63, 3.8) is 0 Å². The first kappa shape index (κ1) is 15.9. The summed E-state index contributed by atoms with van der Waals surface area (Å²) in [6.07, 6.45) is 1.15. The van der Waals surface area contributed by atoms with Crippen molar-refractivity contribution >= 4 is 33.4 Å². The summed E-state index contributed by atoms with van der Waals surface area (Å²) in [6.45, 7) is 0.794. The summed E-state index contributed by atoms with van der Waals surface area (Å²) in [5.41, 5.74) is 1.88. The third-order valence-electron chi connectivity index (χ3n) is 3.99. The van der Waals surface area contributed by atoms with Gasteiger partial charge in [0.1, 0.15) is 0 Å². The Kier molecular flexibility index (Phi) is 4.88. The SMILES string of the molecule is O=C1C[C@@H]([NH2+]CCc2ccccc2)C(=O)N1c1ccc(Br)cc1. The third-order valence-corrected chi connectivity index (χ3v) is 4.52. The van der Waals surface area contributed by atoms with Gasteiger partial charge in [0.25, 0.3) is 5.91 Å². The number of hydrogen-bond acceptors (Lipinski definition) is 2. The summed E-state index contributed by atoms with van der Waals surface area (Å²) in [5, 5.41) is 1.98. The molecule has 4 nitrogen and oxygen atoms in total. The highest BCUT2D eigenvalue weighted by Gasteiger charge is 2.41. The first-order valence-corrected chi connectivity index (χ1v) is 8.44. The van der Waals surface area contributed by atoms with Crippen molar-refractivity contribution in [1.29, 1.82) is 0 Å². The van der Waals surface area contributed by atoms with Gasteiger partial charge in [0.05, 0.1) is 18.7 Å². The smallest absolute Gasteiger partial charge is 0.292 e. The van der Waals surface area contributed by atoms with Crippen molar-refractivity contribution in [3.05, 3.63) is 64.6 Å². The van der Waals surface area contributed by atoms with Gasteiger partial charge in [0.15, 0.2) is 6.04 Å². The van der Waals surface area contributed by atoms with Gasteiger partial charge in [-0.05, 0) is 29.8 Å². The van der Waals surface area contributed by atoms with Crippen LogP contribution in [0, 0.1) is 0 Å². The summed E-state index contributed by atoms with van der Waals surface area (Å²) in [5.74, 6) is -0.247. The molecule has 1 saturated heterocycles. The average Bonchev–Trinajstić information content (AvgIpc) is 2.84. The maximum atomic E-state index is 12.5. The first-order valence-electron chi connectivity index (χ1n) is 7.65.